The zero-order valence-corrected chi connectivity index (χ0v) is 19.5. The molecule has 0 amide bonds. The minimum atomic E-state index is 0. The molecule has 0 unspecified atom stereocenters. The summed E-state index contributed by atoms with van der Waals surface area (Å²) >= 11 is 41.3. The Balaban J connectivity index is -0.0000000331. The van der Waals surface area contributed by atoms with Gasteiger partial charge in [0.25, 0.3) is 0 Å². The summed E-state index contributed by atoms with van der Waals surface area (Å²) in [7, 11) is 0. The fourth-order valence-corrected chi connectivity index (χ4v) is 0. The van der Waals surface area contributed by atoms with E-state index in [0.29, 0.717) is 0 Å². The van der Waals surface area contributed by atoms with E-state index in [1.54, 1.807) is 0 Å². The molecule has 125 valence electrons. The van der Waals surface area contributed by atoms with Crippen LogP contribution in [0.15, 0.2) is 0 Å². The van der Waals surface area contributed by atoms with Crippen LogP contribution in [0.4, 0.5) is 0 Å². The molecule has 0 rings (SSSR count). The maximum absolute atomic E-state index is 4.66. The summed E-state index contributed by atoms with van der Waals surface area (Å²) in [6.45, 7) is 0. The van der Waals surface area contributed by atoms with E-state index in [9.17, 15) is 0 Å². The van der Waals surface area contributed by atoms with E-state index >= 15 is 0 Å². The largest absolute Gasteiger partial charge is 0.415 e. The standard InChI is InChI=1S/5CH3NS2.V/c5*2-1(3)4;/h5*(H3,2,3,4);/p-5. The Morgan fingerprint density at radius 1 is 0.429 bits per heavy atom. The van der Waals surface area contributed by atoms with Crippen LogP contribution in [0.1, 0.15) is 0 Å². The molecule has 10 N–H and O–H groups in total. The quantitative estimate of drug-likeness (QED) is 0.199. The molecule has 0 atom stereocenters. The Bertz CT molecular complexity index is 221. The van der Waals surface area contributed by atoms with Crippen LogP contribution in [0.25, 0.3) is 0 Å². The molecule has 0 bridgehead atoms. The average Bonchev–Trinajstić information content (AvgIpc) is 1.94. The third-order valence-corrected chi connectivity index (χ3v) is 0. The van der Waals surface area contributed by atoms with Crippen molar-refractivity contribution in [2.24, 2.45) is 28.7 Å². The predicted octanol–water partition coefficient (Wildman–Crippen LogP) is -1.12. The van der Waals surface area contributed by atoms with E-state index in [4.69, 9.17) is 0 Å². The normalized spacial score (nSPS) is 5.71. The summed E-state index contributed by atoms with van der Waals surface area (Å²) < 4.78 is 0.417. The molecule has 0 spiro atoms. The number of rotatable bonds is 0. The van der Waals surface area contributed by atoms with E-state index in [-0.39, 0.29) is 40.2 Å². The van der Waals surface area contributed by atoms with Crippen LogP contribution in [-0.2, 0) is 81.7 Å². The molecule has 16 heteroatoms. The zero-order valence-electron chi connectivity index (χ0n) is 9.92. The van der Waals surface area contributed by atoms with Gasteiger partial charge in [-0.1, -0.05) is 21.6 Å². The van der Waals surface area contributed by atoms with Gasteiger partial charge in [-0.2, -0.15) is 0 Å². The maximum atomic E-state index is 4.66. The van der Waals surface area contributed by atoms with E-state index in [2.05, 4.69) is 153 Å². The van der Waals surface area contributed by atoms with Gasteiger partial charge in [-0.3, -0.25) is 0 Å². The SMILES string of the molecule is NC(=S)[S-].NC(=S)[S-].NC(=S)[S-].NC(=S)[S-].NC(=S)[S-].[V]. The summed E-state index contributed by atoms with van der Waals surface area (Å²) in [5.74, 6) is 0. The van der Waals surface area contributed by atoms with Crippen molar-refractivity contribution in [3.05, 3.63) is 0 Å². The third kappa shape index (κ3) is 6010. The van der Waals surface area contributed by atoms with Gasteiger partial charge in [-0.15, -0.1) is 0 Å². The minimum Gasteiger partial charge on any atom is -0.415 e. The van der Waals surface area contributed by atoms with Crippen LogP contribution in [0.5, 0.6) is 0 Å². The second kappa shape index (κ2) is 32.9. The fourth-order valence-electron chi connectivity index (χ4n) is 0. The van der Waals surface area contributed by atoms with Crippen molar-refractivity contribution >= 4 is 146 Å². The maximum Gasteiger partial charge on any atom is 0 e. The van der Waals surface area contributed by atoms with E-state index < -0.39 is 0 Å². The smallest absolute Gasteiger partial charge is 0 e. The Hall–Kier alpha value is 1.13. The van der Waals surface area contributed by atoms with Crippen molar-refractivity contribution in [2.45, 2.75) is 0 Å². The number of hydrogen-bond donors (Lipinski definition) is 5. The first-order valence-electron chi connectivity index (χ1n) is 3.48. The molecule has 0 fully saturated rings. The van der Waals surface area contributed by atoms with E-state index in [1.165, 1.54) is 0 Å². The second-order valence-corrected chi connectivity index (χ2v) is 7.29. The third-order valence-electron chi connectivity index (χ3n) is 0. The molecule has 0 saturated heterocycles. The molecule has 1 radical (unpaired) electrons. The Labute approximate surface area is 190 Å². The molecular weight excluding hydrogens is 502 g/mol. The van der Waals surface area contributed by atoms with E-state index in [0.717, 1.165) is 0 Å². The van der Waals surface area contributed by atoms with Gasteiger partial charge in [0.2, 0.25) is 0 Å². The van der Waals surface area contributed by atoms with Crippen LogP contribution < -0.4 is 28.7 Å². The van der Waals surface area contributed by atoms with Gasteiger partial charge in [-0.05, 0) is 0 Å². The van der Waals surface area contributed by atoms with Crippen LogP contribution in [0.2, 0.25) is 0 Å². The van der Waals surface area contributed by atoms with Gasteiger partial charge >= 0.3 is 0 Å². The summed E-state index contributed by atoms with van der Waals surface area (Å²) in [6, 6.07) is 0. The molecule has 0 heterocycles. The molecule has 0 saturated carbocycles. The predicted molar refractivity (Wildman–Crippen MR) is 121 cm³/mol. The summed E-state index contributed by atoms with van der Waals surface area (Å²) in [4.78, 5) is 0. The monoisotopic (exact) mass is 511 g/mol. The van der Waals surface area contributed by atoms with Gasteiger partial charge in [-0.25, -0.2) is 0 Å². The van der Waals surface area contributed by atoms with Gasteiger partial charge < -0.3 is 153 Å². The summed E-state index contributed by atoms with van der Waals surface area (Å²) in [6.07, 6.45) is 0. The minimum absolute atomic E-state index is 0. The van der Waals surface area contributed by atoms with Crippen LogP contribution >= 0.6 is 61.1 Å². The molecule has 21 heavy (non-hydrogen) atoms. The fraction of sp³-hybridized carbons (Fsp3) is 0. The molecule has 5 nitrogen and oxygen atoms in total. The number of nitrogens with two attached hydrogens (primary N) is 5. The second-order valence-electron chi connectivity index (χ2n) is 1.60. The molecule has 0 aromatic carbocycles. The summed E-state index contributed by atoms with van der Waals surface area (Å²) in [5, 5.41) is 0. The first-order valence-corrected chi connectivity index (χ1v) is 7.57. The Kier molecular flexibility index (Phi) is 59.5. The number of thiocarbonyl (C=S) groups is 5. The average molecular weight is 512 g/mol. The van der Waals surface area contributed by atoms with Gasteiger partial charge in [0.15, 0.2) is 0 Å². The first kappa shape index (κ1) is 38.0. The van der Waals surface area contributed by atoms with Crippen molar-refractivity contribution in [1.29, 1.82) is 0 Å². The topological polar surface area (TPSA) is 130 Å². The Morgan fingerprint density at radius 3 is 0.429 bits per heavy atom. The first-order chi connectivity index (χ1) is 8.66. The van der Waals surface area contributed by atoms with Crippen molar-refractivity contribution in [2.75, 3.05) is 0 Å². The molecule has 0 aliphatic rings. The van der Waals surface area contributed by atoms with Crippen LogP contribution in [-0.4, -0.2) is 21.6 Å². The molecular formula is C5H10N5S10V-5. The van der Waals surface area contributed by atoms with Crippen molar-refractivity contribution in [3.8, 4) is 0 Å². The Morgan fingerprint density at radius 2 is 0.429 bits per heavy atom. The molecule has 0 aliphatic heterocycles. The molecule has 0 aromatic heterocycles. The van der Waals surface area contributed by atoms with Crippen LogP contribution in [0, 0.1) is 0 Å². The van der Waals surface area contributed by atoms with Gasteiger partial charge in [0.05, 0.1) is 0 Å². The van der Waals surface area contributed by atoms with Crippen LogP contribution in [0.3, 0.4) is 0 Å². The molecule has 0 aromatic rings. The van der Waals surface area contributed by atoms with E-state index in [1.807, 2.05) is 0 Å². The van der Waals surface area contributed by atoms with Gasteiger partial charge in [0, 0.05) is 18.6 Å². The zero-order chi connectivity index (χ0) is 17.9. The van der Waals surface area contributed by atoms with Crippen molar-refractivity contribution < 1.29 is 18.6 Å². The van der Waals surface area contributed by atoms with Gasteiger partial charge in [0.1, 0.15) is 0 Å². The van der Waals surface area contributed by atoms with Crippen molar-refractivity contribution in [3.63, 3.8) is 0 Å². The number of hydrogen-bond acceptors (Lipinski definition) is 10. The molecule has 0 aliphatic carbocycles. The van der Waals surface area contributed by atoms with Crippen molar-refractivity contribution in [1.82, 2.24) is 0 Å². The summed E-state index contributed by atoms with van der Waals surface area (Å²) in [5.41, 5.74) is 23.3.